The molecule has 1 atom stereocenters. The largest absolute Gasteiger partial charge is 0.495 e. The minimum Gasteiger partial charge on any atom is -0.495 e. The molecule has 0 saturated carbocycles. The molecule has 0 bridgehead atoms. The van der Waals surface area contributed by atoms with Crippen molar-refractivity contribution in [1.82, 2.24) is 19.8 Å². The van der Waals surface area contributed by atoms with Crippen LogP contribution in [0.15, 0.2) is 36.4 Å². The number of fused-ring (bicyclic) bond motifs is 1. The molecule has 8 nitrogen and oxygen atoms in total. The van der Waals surface area contributed by atoms with Gasteiger partial charge in [0.15, 0.2) is 11.5 Å². The van der Waals surface area contributed by atoms with E-state index in [-0.39, 0.29) is 17.7 Å². The molecule has 1 aliphatic rings. The summed E-state index contributed by atoms with van der Waals surface area (Å²) in [7, 11) is 1.60. The van der Waals surface area contributed by atoms with E-state index < -0.39 is 0 Å². The predicted molar refractivity (Wildman–Crippen MR) is 111 cm³/mol. The first kappa shape index (κ1) is 19.2. The van der Waals surface area contributed by atoms with Crippen molar-refractivity contribution in [3.05, 3.63) is 42.2 Å². The SMILES string of the molecule is COc1ccccc1NC(=O)[C@@H]1CCCN(c2ccc3nnc(C(C)C)n3n2)C1. The highest BCUT2D eigenvalue weighted by atomic mass is 16.5. The summed E-state index contributed by atoms with van der Waals surface area (Å²) in [6.45, 7) is 5.64. The van der Waals surface area contributed by atoms with Crippen LogP contribution in [0.4, 0.5) is 11.5 Å². The van der Waals surface area contributed by atoms with Crippen molar-refractivity contribution < 1.29 is 9.53 Å². The Bertz CT molecular complexity index is 1020. The Balaban J connectivity index is 1.51. The molecule has 4 rings (SSSR count). The molecule has 0 radical (unpaired) electrons. The molecule has 8 heteroatoms. The maximum Gasteiger partial charge on any atom is 0.229 e. The number of benzene rings is 1. The fourth-order valence-electron chi connectivity index (χ4n) is 3.71. The second-order valence-electron chi connectivity index (χ2n) is 7.65. The number of hydrogen-bond acceptors (Lipinski definition) is 6. The van der Waals surface area contributed by atoms with Gasteiger partial charge < -0.3 is 15.0 Å². The second-order valence-corrected chi connectivity index (χ2v) is 7.65. The zero-order valence-corrected chi connectivity index (χ0v) is 17.0. The summed E-state index contributed by atoms with van der Waals surface area (Å²) in [6, 6.07) is 11.3. The minimum atomic E-state index is -0.114. The van der Waals surface area contributed by atoms with Crippen molar-refractivity contribution in [2.24, 2.45) is 5.92 Å². The average molecular weight is 394 g/mol. The van der Waals surface area contributed by atoms with Gasteiger partial charge in [0.25, 0.3) is 0 Å². The number of rotatable bonds is 5. The Hall–Kier alpha value is -3.16. The van der Waals surface area contributed by atoms with Gasteiger partial charge in [-0.25, -0.2) is 0 Å². The van der Waals surface area contributed by atoms with Gasteiger partial charge in [-0.2, -0.15) is 4.52 Å². The predicted octanol–water partition coefficient (Wildman–Crippen LogP) is 3.11. The molecule has 0 spiro atoms. The number of nitrogens with zero attached hydrogens (tertiary/aromatic N) is 5. The van der Waals surface area contributed by atoms with Gasteiger partial charge in [-0.15, -0.1) is 15.3 Å². The van der Waals surface area contributed by atoms with E-state index in [0.29, 0.717) is 18.0 Å². The molecule has 1 amide bonds. The minimum absolute atomic E-state index is 0.00689. The van der Waals surface area contributed by atoms with Gasteiger partial charge in [0.05, 0.1) is 18.7 Å². The molecule has 1 aromatic carbocycles. The van der Waals surface area contributed by atoms with Crippen molar-refractivity contribution >= 4 is 23.1 Å². The first-order chi connectivity index (χ1) is 14.1. The van der Waals surface area contributed by atoms with Crippen LogP contribution in [0.1, 0.15) is 38.4 Å². The number of hydrogen-bond donors (Lipinski definition) is 1. The molecular formula is C21H26N6O2. The number of ether oxygens (including phenoxy) is 1. The van der Waals surface area contributed by atoms with Crippen molar-refractivity contribution in [2.75, 3.05) is 30.4 Å². The number of amides is 1. The van der Waals surface area contributed by atoms with E-state index in [1.54, 1.807) is 11.6 Å². The highest BCUT2D eigenvalue weighted by molar-refractivity contribution is 5.94. The lowest BCUT2D eigenvalue weighted by Gasteiger charge is -2.32. The van der Waals surface area contributed by atoms with Crippen molar-refractivity contribution in [3.63, 3.8) is 0 Å². The standard InChI is InChI=1S/C21H26N6O2/c1-14(2)20-24-23-18-10-11-19(25-27(18)20)26-12-6-7-15(13-26)21(28)22-16-8-4-5-9-17(16)29-3/h4-5,8-11,14-15H,6-7,12-13H2,1-3H3,(H,22,28)/t15-/m1/s1. The Morgan fingerprint density at radius 3 is 2.83 bits per heavy atom. The zero-order chi connectivity index (χ0) is 20.4. The number of nitrogens with one attached hydrogen (secondary N) is 1. The van der Waals surface area contributed by atoms with Gasteiger partial charge in [0, 0.05) is 19.0 Å². The van der Waals surface area contributed by atoms with E-state index in [1.807, 2.05) is 36.4 Å². The lowest BCUT2D eigenvalue weighted by atomic mass is 9.97. The molecule has 1 saturated heterocycles. The number of methoxy groups -OCH3 is 1. The van der Waals surface area contributed by atoms with Crippen LogP contribution >= 0.6 is 0 Å². The third kappa shape index (κ3) is 3.87. The molecule has 152 valence electrons. The van der Waals surface area contributed by atoms with E-state index in [1.165, 1.54) is 0 Å². The van der Waals surface area contributed by atoms with Gasteiger partial charge in [-0.3, -0.25) is 4.79 Å². The van der Waals surface area contributed by atoms with Gasteiger partial charge in [0.2, 0.25) is 5.91 Å². The lowest BCUT2D eigenvalue weighted by molar-refractivity contribution is -0.120. The summed E-state index contributed by atoms with van der Waals surface area (Å²) in [4.78, 5) is 15.1. The Morgan fingerprint density at radius 2 is 2.03 bits per heavy atom. The Morgan fingerprint density at radius 1 is 1.21 bits per heavy atom. The average Bonchev–Trinajstić information content (AvgIpc) is 3.18. The zero-order valence-electron chi connectivity index (χ0n) is 17.0. The fourth-order valence-corrected chi connectivity index (χ4v) is 3.71. The molecule has 0 aliphatic carbocycles. The van der Waals surface area contributed by atoms with E-state index in [2.05, 4.69) is 34.3 Å². The van der Waals surface area contributed by atoms with Crippen molar-refractivity contribution in [1.29, 1.82) is 0 Å². The first-order valence-corrected chi connectivity index (χ1v) is 9.98. The number of para-hydroxylation sites is 2. The van der Waals surface area contributed by atoms with Crippen LogP contribution in [0.3, 0.4) is 0 Å². The number of carbonyl (C=O) groups excluding carboxylic acids is 1. The van der Waals surface area contributed by atoms with Gasteiger partial charge in [-0.05, 0) is 37.1 Å². The van der Waals surface area contributed by atoms with Crippen LogP contribution in [-0.2, 0) is 4.79 Å². The van der Waals surface area contributed by atoms with Crippen LogP contribution in [-0.4, -0.2) is 45.9 Å². The number of anilines is 2. The highest BCUT2D eigenvalue weighted by Gasteiger charge is 2.27. The monoisotopic (exact) mass is 394 g/mol. The van der Waals surface area contributed by atoms with Crippen LogP contribution in [0.2, 0.25) is 0 Å². The maximum atomic E-state index is 12.9. The summed E-state index contributed by atoms with van der Waals surface area (Å²) in [5.41, 5.74) is 1.43. The summed E-state index contributed by atoms with van der Waals surface area (Å²) < 4.78 is 7.14. The fraction of sp³-hybridized carbons (Fsp3) is 0.429. The quantitative estimate of drug-likeness (QED) is 0.716. The molecule has 29 heavy (non-hydrogen) atoms. The number of piperidine rings is 1. The van der Waals surface area contributed by atoms with Crippen molar-refractivity contribution in [3.8, 4) is 5.75 Å². The molecule has 0 unspecified atom stereocenters. The summed E-state index contributed by atoms with van der Waals surface area (Å²) >= 11 is 0. The summed E-state index contributed by atoms with van der Waals surface area (Å²) in [6.07, 6.45) is 1.78. The second kappa shape index (κ2) is 8.06. The molecule has 3 heterocycles. The van der Waals surface area contributed by atoms with E-state index in [9.17, 15) is 4.79 Å². The third-order valence-corrected chi connectivity index (χ3v) is 5.27. The molecule has 2 aromatic heterocycles. The first-order valence-electron chi connectivity index (χ1n) is 9.98. The molecule has 1 aliphatic heterocycles. The summed E-state index contributed by atoms with van der Waals surface area (Å²) in [5.74, 6) is 2.46. The maximum absolute atomic E-state index is 12.9. The van der Waals surface area contributed by atoms with Crippen LogP contribution in [0.25, 0.3) is 5.65 Å². The Kier molecular flexibility index (Phi) is 5.33. The lowest BCUT2D eigenvalue weighted by Crippen LogP contribution is -2.41. The van der Waals surface area contributed by atoms with E-state index in [4.69, 9.17) is 9.84 Å². The van der Waals surface area contributed by atoms with Crippen molar-refractivity contribution in [2.45, 2.75) is 32.6 Å². The van der Waals surface area contributed by atoms with E-state index in [0.717, 1.165) is 36.7 Å². The number of carbonyl (C=O) groups is 1. The molecular weight excluding hydrogens is 368 g/mol. The van der Waals surface area contributed by atoms with Crippen LogP contribution in [0, 0.1) is 5.92 Å². The summed E-state index contributed by atoms with van der Waals surface area (Å²) in [5, 5.41) is 16.2. The Labute approximate surface area is 169 Å². The number of aromatic nitrogens is 4. The van der Waals surface area contributed by atoms with Crippen LogP contribution in [0.5, 0.6) is 5.75 Å². The van der Waals surface area contributed by atoms with Gasteiger partial charge in [0.1, 0.15) is 11.6 Å². The van der Waals surface area contributed by atoms with Crippen LogP contribution < -0.4 is 15.0 Å². The molecule has 1 fully saturated rings. The van der Waals surface area contributed by atoms with Gasteiger partial charge >= 0.3 is 0 Å². The van der Waals surface area contributed by atoms with Gasteiger partial charge in [-0.1, -0.05) is 26.0 Å². The third-order valence-electron chi connectivity index (χ3n) is 5.27. The molecule has 1 N–H and O–H groups in total. The molecule has 3 aromatic rings. The normalized spacial score (nSPS) is 17.0. The highest BCUT2D eigenvalue weighted by Crippen LogP contribution is 2.27. The topological polar surface area (TPSA) is 84.6 Å². The smallest absolute Gasteiger partial charge is 0.229 e. The van der Waals surface area contributed by atoms with E-state index >= 15 is 0 Å².